The van der Waals surface area contributed by atoms with Crippen LogP contribution in [-0.4, -0.2) is 46.8 Å². The SMILES string of the molecule is CN(Cc1ccc(Cl)cc1Cl)C1CN(c2ncc(Br)cn2)CC1=O. The Hall–Kier alpha value is -1.21. The number of anilines is 1. The van der Waals surface area contributed by atoms with E-state index < -0.39 is 0 Å². The second-order valence-corrected chi connectivity index (χ2v) is 7.47. The number of halogens is 3. The van der Waals surface area contributed by atoms with Crippen molar-refractivity contribution in [2.75, 3.05) is 25.0 Å². The van der Waals surface area contributed by atoms with Crippen LogP contribution in [0.25, 0.3) is 0 Å². The summed E-state index contributed by atoms with van der Waals surface area (Å²) in [5, 5.41) is 1.20. The molecule has 2 heterocycles. The van der Waals surface area contributed by atoms with Gasteiger partial charge in [0, 0.05) is 35.5 Å². The molecule has 0 aliphatic carbocycles. The first-order valence-corrected chi connectivity index (χ1v) is 8.88. The highest BCUT2D eigenvalue weighted by molar-refractivity contribution is 9.10. The van der Waals surface area contributed by atoms with Gasteiger partial charge in [0.15, 0.2) is 5.78 Å². The topological polar surface area (TPSA) is 49.3 Å². The molecule has 24 heavy (non-hydrogen) atoms. The van der Waals surface area contributed by atoms with Gasteiger partial charge in [0.25, 0.3) is 0 Å². The van der Waals surface area contributed by atoms with E-state index in [9.17, 15) is 4.79 Å². The molecule has 0 radical (unpaired) electrons. The van der Waals surface area contributed by atoms with Gasteiger partial charge in [-0.25, -0.2) is 9.97 Å². The van der Waals surface area contributed by atoms with E-state index in [0.29, 0.717) is 35.6 Å². The summed E-state index contributed by atoms with van der Waals surface area (Å²) in [5.41, 5.74) is 0.940. The number of hydrogen-bond acceptors (Lipinski definition) is 5. The van der Waals surface area contributed by atoms with Gasteiger partial charge in [0.2, 0.25) is 5.95 Å². The highest BCUT2D eigenvalue weighted by atomic mass is 79.9. The van der Waals surface area contributed by atoms with Gasteiger partial charge >= 0.3 is 0 Å². The molecule has 8 heteroatoms. The molecule has 126 valence electrons. The van der Waals surface area contributed by atoms with Crippen molar-refractivity contribution >= 4 is 50.9 Å². The van der Waals surface area contributed by atoms with E-state index in [-0.39, 0.29) is 11.8 Å². The monoisotopic (exact) mass is 428 g/mol. The largest absolute Gasteiger partial charge is 0.331 e. The third kappa shape index (κ3) is 3.88. The van der Waals surface area contributed by atoms with Crippen molar-refractivity contribution in [3.05, 3.63) is 50.7 Å². The van der Waals surface area contributed by atoms with Crippen LogP contribution in [0.5, 0.6) is 0 Å². The van der Waals surface area contributed by atoms with Crippen LogP contribution >= 0.6 is 39.1 Å². The lowest BCUT2D eigenvalue weighted by Crippen LogP contribution is -2.38. The summed E-state index contributed by atoms with van der Waals surface area (Å²) in [6, 6.07) is 5.18. The predicted molar refractivity (Wildman–Crippen MR) is 98.7 cm³/mol. The number of aromatic nitrogens is 2. The van der Waals surface area contributed by atoms with Crippen LogP contribution < -0.4 is 4.90 Å². The molecule has 1 unspecified atom stereocenters. The molecule has 1 aliphatic heterocycles. The quantitative estimate of drug-likeness (QED) is 0.744. The first kappa shape index (κ1) is 17.6. The number of hydrogen-bond donors (Lipinski definition) is 0. The minimum atomic E-state index is -0.219. The molecule has 1 saturated heterocycles. The molecule has 3 rings (SSSR count). The summed E-state index contributed by atoms with van der Waals surface area (Å²) in [5.74, 6) is 0.709. The van der Waals surface area contributed by atoms with E-state index in [1.807, 2.05) is 22.9 Å². The van der Waals surface area contributed by atoms with Gasteiger partial charge in [-0.2, -0.15) is 0 Å². The van der Waals surface area contributed by atoms with Gasteiger partial charge in [-0.3, -0.25) is 9.69 Å². The van der Waals surface area contributed by atoms with Crippen molar-refractivity contribution < 1.29 is 4.79 Å². The number of ketones is 1. The summed E-state index contributed by atoms with van der Waals surface area (Å²) >= 11 is 15.5. The molecule has 0 N–H and O–H groups in total. The molecule has 0 amide bonds. The average molecular weight is 430 g/mol. The van der Waals surface area contributed by atoms with E-state index in [4.69, 9.17) is 23.2 Å². The molecule has 0 saturated carbocycles. The second kappa shape index (κ2) is 7.35. The summed E-state index contributed by atoms with van der Waals surface area (Å²) in [6.07, 6.45) is 3.36. The van der Waals surface area contributed by atoms with Crippen LogP contribution in [0.1, 0.15) is 5.56 Å². The second-order valence-electron chi connectivity index (χ2n) is 5.71. The van der Waals surface area contributed by atoms with E-state index in [2.05, 4.69) is 25.9 Å². The lowest BCUT2D eigenvalue weighted by atomic mass is 10.1. The van der Waals surface area contributed by atoms with E-state index in [1.165, 1.54) is 0 Å². The van der Waals surface area contributed by atoms with Crippen LogP contribution in [0.2, 0.25) is 10.0 Å². The van der Waals surface area contributed by atoms with Gasteiger partial charge in [-0.15, -0.1) is 0 Å². The zero-order valence-electron chi connectivity index (χ0n) is 12.9. The fourth-order valence-corrected chi connectivity index (χ4v) is 3.38. The van der Waals surface area contributed by atoms with Crippen molar-refractivity contribution in [2.24, 2.45) is 0 Å². The Morgan fingerprint density at radius 2 is 2.04 bits per heavy atom. The van der Waals surface area contributed by atoms with Crippen LogP contribution in [0, 0.1) is 0 Å². The van der Waals surface area contributed by atoms with Crippen molar-refractivity contribution in [1.82, 2.24) is 14.9 Å². The Morgan fingerprint density at radius 1 is 1.33 bits per heavy atom. The van der Waals surface area contributed by atoms with Crippen LogP contribution in [0.15, 0.2) is 35.1 Å². The van der Waals surface area contributed by atoms with Crippen LogP contribution in [-0.2, 0) is 11.3 Å². The average Bonchev–Trinajstić information content (AvgIpc) is 2.93. The van der Waals surface area contributed by atoms with Gasteiger partial charge in [0.05, 0.1) is 17.1 Å². The Morgan fingerprint density at radius 3 is 2.71 bits per heavy atom. The van der Waals surface area contributed by atoms with Crippen molar-refractivity contribution in [1.29, 1.82) is 0 Å². The number of nitrogens with zero attached hydrogens (tertiary/aromatic N) is 4. The zero-order chi connectivity index (χ0) is 17.3. The Balaban J connectivity index is 1.70. The van der Waals surface area contributed by atoms with E-state index in [1.54, 1.807) is 24.5 Å². The lowest BCUT2D eigenvalue weighted by Gasteiger charge is -2.24. The number of benzene rings is 1. The molecule has 2 aromatic rings. The lowest BCUT2D eigenvalue weighted by molar-refractivity contribution is -0.120. The maximum atomic E-state index is 12.4. The number of likely N-dealkylation sites (N-methyl/N-ethyl adjacent to an activating group) is 1. The highest BCUT2D eigenvalue weighted by Crippen LogP contribution is 2.24. The fraction of sp³-hybridized carbons (Fsp3) is 0.312. The summed E-state index contributed by atoms with van der Waals surface area (Å²) in [6.45, 7) is 1.44. The molecular formula is C16H15BrCl2N4O. The fourth-order valence-electron chi connectivity index (χ4n) is 2.70. The molecule has 1 aromatic carbocycles. The maximum Gasteiger partial charge on any atom is 0.225 e. The first-order chi connectivity index (χ1) is 11.4. The van der Waals surface area contributed by atoms with Crippen LogP contribution in [0.3, 0.4) is 0 Å². The Kier molecular flexibility index (Phi) is 5.39. The van der Waals surface area contributed by atoms with Crippen molar-refractivity contribution in [2.45, 2.75) is 12.6 Å². The minimum Gasteiger partial charge on any atom is -0.331 e. The smallest absolute Gasteiger partial charge is 0.225 e. The standard InChI is InChI=1S/C16H15BrCl2N4O/c1-22(7-10-2-3-12(18)4-13(10)19)14-8-23(9-15(14)24)16-20-5-11(17)6-21-16/h2-6,14H,7-9H2,1H3. The summed E-state index contributed by atoms with van der Waals surface area (Å²) < 4.78 is 0.808. The third-order valence-corrected chi connectivity index (χ3v) is 4.96. The molecular weight excluding hydrogens is 415 g/mol. The molecule has 0 spiro atoms. The van der Waals surface area contributed by atoms with E-state index in [0.717, 1.165) is 10.0 Å². The van der Waals surface area contributed by atoms with Gasteiger partial charge in [-0.1, -0.05) is 29.3 Å². The highest BCUT2D eigenvalue weighted by Gasteiger charge is 2.35. The molecule has 1 atom stereocenters. The first-order valence-electron chi connectivity index (χ1n) is 7.33. The Bertz CT molecular complexity index is 756. The predicted octanol–water partition coefficient (Wildman–Crippen LogP) is 3.44. The Labute approximate surface area is 158 Å². The minimum absolute atomic E-state index is 0.147. The third-order valence-electron chi connectivity index (χ3n) is 3.97. The molecule has 5 nitrogen and oxygen atoms in total. The molecule has 0 bridgehead atoms. The number of Topliss-reactive ketones (excluding diaryl/α,β-unsaturated/α-hetero) is 1. The normalized spacial score (nSPS) is 17.8. The van der Waals surface area contributed by atoms with Gasteiger partial charge in [0.1, 0.15) is 0 Å². The number of rotatable bonds is 4. The van der Waals surface area contributed by atoms with Gasteiger partial charge < -0.3 is 4.90 Å². The zero-order valence-corrected chi connectivity index (χ0v) is 16.0. The number of carbonyl (C=O) groups excluding carboxylic acids is 1. The molecule has 1 aliphatic rings. The van der Waals surface area contributed by atoms with E-state index >= 15 is 0 Å². The van der Waals surface area contributed by atoms with Crippen LogP contribution in [0.4, 0.5) is 5.95 Å². The molecule has 1 fully saturated rings. The van der Waals surface area contributed by atoms with Crippen molar-refractivity contribution in [3.63, 3.8) is 0 Å². The van der Waals surface area contributed by atoms with Crippen molar-refractivity contribution in [3.8, 4) is 0 Å². The maximum absolute atomic E-state index is 12.4. The number of carbonyl (C=O) groups is 1. The summed E-state index contributed by atoms with van der Waals surface area (Å²) in [4.78, 5) is 24.8. The van der Waals surface area contributed by atoms with Gasteiger partial charge in [-0.05, 0) is 40.7 Å². The molecule has 1 aromatic heterocycles. The summed E-state index contributed by atoms with van der Waals surface area (Å²) in [7, 11) is 1.92.